The van der Waals surface area contributed by atoms with E-state index in [0.29, 0.717) is 11.2 Å². The molecular weight excluding hydrogens is 366 g/mol. The van der Waals surface area contributed by atoms with Crippen molar-refractivity contribution in [2.45, 2.75) is 26.4 Å². The monoisotopic (exact) mass is 386 g/mol. The summed E-state index contributed by atoms with van der Waals surface area (Å²) in [7, 11) is 2.08. The van der Waals surface area contributed by atoms with Crippen molar-refractivity contribution in [2.24, 2.45) is 0 Å². The van der Waals surface area contributed by atoms with Gasteiger partial charge in [0.05, 0.1) is 12.4 Å². The molecule has 26 heavy (non-hydrogen) atoms. The van der Waals surface area contributed by atoms with Crippen LogP contribution in [0.5, 0.6) is 0 Å². The molecule has 0 spiro atoms. The number of quaternary nitrogens is 1. The van der Waals surface area contributed by atoms with Crippen molar-refractivity contribution in [3.05, 3.63) is 62.7 Å². The van der Waals surface area contributed by atoms with Gasteiger partial charge in [0.2, 0.25) is 0 Å². The van der Waals surface area contributed by atoms with E-state index in [1.165, 1.54) is 16.2 Å². The summed E-state index contributed by atoms with van der Waals surface area (Å²) in [6, 6.07) is 8.04. The second kappa shape index (κ2) is 6.83. The first-order chi connectivity index (χ1) is 12.5. The Hall–Kier alpha value is -2.22. The fourth-order valence-electron chi connectivity index (χ4n) is 3.03. The van der Waals surface area contributed by atoms with Gasteiger partial charge >= 0.3 is 0 Å². The number of nitrogens with zero attached hydrogens (tertiary/aromatic N) is 1. The van der Waals surface area contributed by atoms with Gasteiger partial charge < -0.3 is 14.3 Å². The summed E-state index contributed by atoms with van der Waals surface area (Å²) >= 11 is 3.16. The molecule has 0 aliphatic heterocycles. The van der Waals surface area contributed by atoms with Gasteiger partial charge in [-0.25, -0.2) is 4.98 Å². The molecule has 134 valence electrons. The Labute approximate surface area is 158 Å². The summed E-state index contributed by atoms with van der Waals surface area (Å²) in [6.45, 7) is 4.75. The molecule has 2 N–H and O–H groups in total. The van der Waals surface area contributed by atoms with E-state index in [9.17, 15) is 4.79 Å². The van der Waals surface area contributed by atoms with Crippen LogP contribution in [0.2, 0.25) is 0 Å². The third-order valence-electron chi connectivity index (χ3n) is 4.65. The van der Waals surface area contributed by atoms with E-state index >= 15 is 0 Å². The summed E-state index contributed by atoms with van der Waals surface area (Å²) in [5.74, 6) is 2.56. The maximum atomic E-state index is 12.8. The van der Waals surface area contributed by atoms with Gasteiger partial charge in [0.1, 0.15) is 23.2 Å². The van der Waals surface area contributed by atoms with Gasteiger partial charge in [-0.2, -0.15) is 0 Å². The molecule has 7 heteroatoms. The molecule has 2 atom stereocenters. The van der Waals surface area contributed by atoms with Crippen LogP contribution in [0.25, 0.3) is 20.7 Å². The first-order valence-corrected chi connectivity index (χ1v) is 10.2. The number of hydrogen-bond acceptors (Lipinski definition) is 5. The van der Waals surface area contributed by atoms with Crippen LogP contribution in [0, 0.1) is 6.92 Å². The topological polar surface area (TPSA) is 63.3 Å². The fraction of sp³-hybridized carbons (Fsp3) is 0.263. The van der Waals surface area contributed by atoms with E-state index in [0.717, 1.165) is 33.3 Å². The Kier molecular flexibility index (Phi) is 4.52. The molecule has 0 aliphatic carbocycles. The van der Waals surface area contributed by atoms with Crippen LogP contribution in [-0.2, 0) is 6.54 Å². The number of furan rings is 1. The summed E-state index contributed by atoms with van der Waals surface area (Å²) in [5, 5.41) is 4.73. The Morgan fingerprint density at radius 2 is 2.15 bits per heavy atom. The molecule has 0 amide bonds. The number of aromatic nitrogens is 2. The SMILES string of the molecule is Cc1ccc(C[NH+](C)[C@@H](C)c2nc3scc(-c4cccs4)c3c(=O)[nH]2)o1. The zero-order valence-corrected chi connectivity index (χ0v) is 16.5. The van der Waals surface area contributed by atoms with E-state index < -0.39 is 0 Å². The maximum Gasteiger partial charge on any atom is 0.260 e. The minimum absolute atomic E-state index is 0.0461. The van der Waals surface area contributed by atoms with Gasteiger partial charge in [-0.05, 0) is 37.4 Å². The minimum atomic E-state index is -0.0665. The quantitative estimate of drug-likeness (QED) is 0.553. The summed E-state index contributed by atoms with van der Waals surface area (Å²) in [4.78, 5) is 23.6. The summed E-state index contributed by atoms with van der Waals surface area (Å²) < 4.78 is 5.67. The van der Waals surface area contributed by atoms with Crippen molar-refractivity contribution in [1.82, 2.24) is 9.97 Å². The molecule has 0 saturated carbocycles. The van der Waals surface area contributed by atoms with Crippen LogP contribution in [0.1, 0.15) is 30.3 Å². The van der Waals surface area contributed by atoms with Crippen LogP contribution in [0.3, 0.4) is 0 Å². The second-order valence-corrected chi connectivity index (χ2v) is 8.32. The third-order valence-corrected chi connectivity index (χ3v) is 6.42. The Bertz CT molecular complexity index is 1090. The number of rotatable bonds is 5. The molecular formula is C19H20N3O2S2+. The molecule has 0 saturated heterocycles. The fourth-order valence-corrected chi connectivity index (χ4v) is 4.79. The molecule has 4 aromatic heterocycles. The molecule has 0 bridgehead atoms. The second-order valence-electron chi connectivity index (χ2n) is 6.52. The molecule has 4 heterocycles. The Morgan fingerprint density at radius 3 is 2.85 bits per heavy atom. The highest BCUT2D eigenvalue weighted by atomic mass is 32.1. The zero-order chi connectivity index (χ0) is 18.3. The highest BCUT2D eigenvalue weighted by molar-refractivity contribution is 7.18. The number of thiophene rings is 2. The number of nitrogens with one attached hydrogen (secondary N) is 2. The van der Waals surface area contributed by atoms with Crippen LogP contribution in [0.15, 0.2) is 44.2 Å². The number of H-pyrrole nitrogens is 1. The molecule has 0 radical (unpaired) electrons. The smallest absolute Gasteiger partial charge is 0.260 e. The van der Waals surface area contributed by atoms with E-state index in [4.69, 9.17) is 9.40 Å². The van der Waals surface area contributed by atoms with Crippen LogP contribution < -0.4 is 10.5 Å². The van der Waals surface area contributed by atoms with Gasteiger partial charge in [0, 0.05) is 15.8 Å². The molecule has 0 fully saturated rings. The van der Waals surface area contributed by atoms with E-state index in [-0.39, 0.29) is 11.6 Å². The minimum Gasteiger partial charge on any atom is -0.460 e. The lowest BCUT2D eigenvalue weighted by Crippen LogP contribution is -3.07. The van der Waals surface area contributed by atoms with Crippen LogP contribution >= 0.6 is 22.7 Å². The average Bonchev–Trinajstić information content (AvgIpc) is 3.34. The van der Waals surface area contributed by atoms with Crippen molar-refractivity contribution >= 4 is 32.9 Å². The van der Waals surface area contributed by atoms with Gasteiger partial charge in [-0.3, -0.25) is 4.79 Å². The lowest BCUT2D eigenvalue weighted by molar-refractivity contribution is -0.925. The normalized spacial score (nSPS) is 14.0. The lowest BCUT2D eigenvalue weighted by Gasteiger charge is -2.19. The maximum absolute atomic E-state index is 12.8. The lowest BCUT2D eigenvalue weighted by atomic mass is 10.2. The average molecular weight is 387 g/mol. The zero-order valence-electron chi connectivity index (χ0n) is 14.8. The predicted molar refractivity (Wildman–Crippen MR) is 106 cm³/mol. The third kappa shape index (κ3) is 3.13. The van der Waals surface area contributed by atoms with Crippen LogP contribution in [-0.4, -0.2) is 17.0 Å². The summed E-state index contributed by atoms with van der Waals surface area (Å²) in [5.41, 5.74) is 0.905. The summed E-state index contributed by atoms with van der Waals surface area (Å²) in [6.07, 6.45) is 0. The first-order valence-electron chi connectivity index (χ1n) is 8.46. The molecule has 1 unspecified atom stereocenters. The number of aromatic amines is 1. The van der Waals surface area contributed by atoms with Gasteiger partial charge in [0.25, 0.3) is 5.56 Å². The van der Waals surface area contributed by atoms with Crippen LogP contribution in [0.4, 0.5) is 0 Å². The molecule has 0 aliphatic rings. The molecule has 0 aromatic carbocycles. The predicted octanol–water partition coefficient (Wildman–Crippen LogP) is 3.39. The molecule has 5 nitrogen and oxygen atoms in total. The molecule has 4 aromatic rings. The van der Waals surface area contributed by atoms with E-state index in [1.807, 2.05) is 41.9 Å². The highest BCUT2D eigenvalue weighted by Gasteiger charge is 2.22. The van der Waals surface area contributed by atoms with Gasteiger partial charge in [-0.1, -0.05) is 6.07 Å². The first kappa shape index (κ1) is 17.2. The van der Waals surface area contributed by atoms with Crippen molar-refractivity contribution in [3.8, 4) is 10.4 Å². The van der Waals surface area contributed by atoms with Crippen molar-refractivity contribution in [1.29, 1.82) is 0 Å². The van der Waals surface area contributed by atoms with Gasteiger partial charge in [0.15, 0.2) is 11.6 Å². The Morgan fingerprint density at radius 1 is 1.31 bits per heavy atom. The van der Waals surface area contributed by atoms with Gasteiger partial charge in [-0.15, -0.1) is 22.7 Å². The number of hydrogen-bond donors (Lipinski definition) is 2. The number of fused-ring (bicyclic) bond motifs is 1. The molecule has 4 rings (SSSR count). The number of aryl methyl sites for hydroxylation is 1. The van der Waals surface area contributed by atoms with Crippen molar-refractivity contribution in [3.63, 3.8) is 0 Å². The Balaban J connectivity index is 1.65. The van der Waals surface area contributed by atoms with E-state index in [1.54, 1.807) is 11.3 Å². The van der Waals surface area contributed by atoms with Crippen molar-refractivity contribution < 1.29 is 9.32 Å². The standard InChI is InChI=1S/C19H19N3O2S2/c1-11-6-7-13(24-11)9-22(3)12(2)17-20-18(23)16-14(10-26-19(16)21-17)15-5-4-8-25-15/h4-8,10,12H,9H2,1-3H3,(H,20,21,23)/p+1/t12-/m0/s1. The largest absolute Gasteiger partial charge is 0.460 e. The van der Waals surface area contributed by atoms with E-state index in [2.05, 4.69) is 19.0 Å². The highest BCUT2D eigenvalue weighted by Crippen LogP contribution is 2.33. The van der Waals surface area contributed by atoms with Crippen molar-refractivity contribution in [2.75, 3.05) is 7.05 Å².